The minimum absolute atomic E-state index is 0.0961. The predicted molar refractivity (Wildman–Crippen MR) is 38.3 cm³/mol. The van der Waals surface area contributed by atoms with Crippen molar-refractivity contribution in [1.82, 2.24) is 4.98 Å². The molecule has 1 rings (SSSR count). The van der Waals surface area contributed by atoms with E-state index in [1.54, 1.807) is 6.20 Å². The molecule has 0 unspecified atom stereocenters. The second kappa shape index (κ2) is 2.98. The van der Waals surface area contributed by atoms with Crippen LogP contribution in [0.5, 0.6) is 0 Å². The van der Waals surface area contributed by atoms with Crippen LogP contribution in [0.25, 0.3) is 0 Å². The highest BCUT2D eigenvalue weighted by molar-refractivity contribution is 5.14. The Bertz CT molecular complexity index is 235. The van der Waals surface area contributed by atoms with E-state index in [1.807, 2.05) is 25.1 Å². The van der Waals surface area contributed by atoms with Crippen LogP contribution in [0, 0.1) is 11.3 Å². The summed E-state index contributed by atoms with van der Waals surface area (Å²) in [5.74, 6) is -0.0961. The van der Waals surface area contributed by atoms with Crippen LogP contribution in [0.1, 0.15) is 18.5 Å². The topological polar surface area (TPSA) is 36.7 Å². The minimum Gasteiger partial charge on any atom is -0.260 e. The lowest BCUT2D eigenvalue weighted by molar-refractivity contribution is 0.920. The maximum atomic E-state index is 8.50. The summed E-state index contributed by atoms with van der Waals surface area (Å²) in [5.41, 5.74) is 0.838. The van der Waals surface area contributed by atoms with Gasteiger partial charge in [-0.25, -0.2) is 0 Å². The Labute approximate surface area is 60.1 Å². The highest BCUT2D eigenvalue weighted by atomic mass is 14.7. The van der Waals surface area contributed by atoms with Crippen LogP contribution in [0.3, 0.4) is 0 Å². The van der Waals surface area contributed by atoms with Gasteiger partial charge in [0.05, 0.1) is 17.7 Å². The van der Waals surface area contributed by atoms with Crippen molar-refractivity contribution in [3.05, 3.63) is 30.1 Å². The molecule has 0 saturated heterocycles. The normalized spacial score (nSPS) is 12.0. The van der Waals surface area contributed by atoms with Crippen LogP contribution in [0.4, 0.5) is 0 Å². The second-order valence-corrected chi connectivity index (χ2v) is 2.11. The first kappa shape index (κ1) is 6.76. The summed E-state index contributed by atoms with van der Waals surface area (Å²) < 4.78 is 0. The second-order valence-electron chi connectivity index (χ2n) is 2.11. The third kappa shape index (κ3) is 1.32. The maximum absolute atomic E-state index is 8.50. The zero-order valence-electron chi connectivity index (χ0n) is 5.78. The van der Waals surface area contributed by atoms with E-state index in [0.717, 1.165) is 5.69 Å². The molecule has 0 saturated carbocycles. The van der Waals surface area contributed by atoms with Crippen molar-refractivity contribution in [3.63, 3.8) is 0 Å². The summed E-state index contributed by atoms with van der Waals surface area (Å²) in [6.07, 6.45) is 1.70. The molecule has 0 amide bonds. The SMILES string of the molecule is C[C@H](C#N)c1ccccn1. The number of pyridine rings is 1. The Morgan fingerprint density at radius 3 is 2.90 bits per heavy atom. The van der Waals surface area contributed by atoms with E-state index in [0.29, 0.717) is 0 Å². The predicted octanol–water partition coefficient (Wildman–Crippen LogP) is 1.71. The average molecular weight is 132 g/mol. The highest BCUT2D eigenvalue weighted by Gasteiger charge is 2.01. The van der Waals surface area contributed by atoms with Gasteiger partial charge in [-0.2, -0.15) is 5.26 Å². The van der Waals surface area contributed by atoms with Gasteiger partial charge in [0.25, 0.3) is 0 Å². The molecule has 2 nitrogen and oxygen atoms in total. The largest absolute Gasteiger partial charge is 0.260 e. The molecule has 0 aliphatic carbocycles. The Kier molecular flexibility index (Phi) is 2.01. The third-order valence-electron chi connectivity index (χ3n) is 1.33. The number of nitrogens with zero attached hydrogens (tertiary/aromatic N) is 2. The molecule has 0 bridgehead atoms. The Balaban J connectivity index is 2.88. The molecular formula is C8H8N2. The number of aromatic nitrogens is 1. The molecule has 0 aromatic carbocycles. The minimum atomic E-state index is -0.0961. The van der Waals surface area contributed by atoms with Crippen LogP contribution < -0.4 is 0 Å². The lowest BCUT2D eigenvalue weighted by Crippen LogP contribution is -1.91. The van der Waals surface area contributed by atoms with Crippen molar-refractivity contribution in [2.45, 2.75) is 12.8 Å². The van der Waals surface area contributed by atoms with Gasteiger partial charge in [-0.3, -0.25) is 4.98 Å². The molecule has 0 radical (unpaired) electrons. The van der Waals surface area contributed by atoms with E-state index < -0.39 is 0 Å². The molecule has 1 aromatic heterocycles. The lowest BCUT2D eigenvalue weighted by Gasteiger charge is -1.97. The van der Waals surface area contributed by atoms with Crippen molar-refractivity contribution in [2.75, 3.05) is 0 Å². The van der Waals surface area contributed by atoms with Crippen molar-refractivity contribution in [2.24, 2.45) is 0 Å². The fraction of sp³-hybridized carbons (Fsp3) is 0.250. The van der Waals surface area contributed by atoms with Gasteiger partial charge in [-0.1, -0.05) is 6.07 Å². The molecule has 2 heteroatoms. The first-order valence-corrected chi connectivity index (χ1v) is 3.15. The van der Waals surface area contributed by atoms with Gasteiger partial charge in [-0.15, -0.1) is 0 Å². The van der Waals surface area contributed by atoms with E-state index in [1.165, 1.54) is 0 Å². The van der Waals surface area contributed by atoms with Crippen LogP contribution >= 0.6 is 0 Å². The Morgan fingerprint density at radius 1 is 1.60 bits per heavy atom. The molecule has 0 aliphatic rings. The summed E-state index contributed by atoms with van der Waals surface area (Å²) >= 11 is 0. The molecule has 1 heterocycles. The summed E-state index contributed by atoms with van der Waals surface area (Å²) in [6.45, 7) is 1.84. The fourth-order valence-electron chi connectivity index (χ4n) is 0.698. The van der Waals surface area contributed by atoms with E-state index in [4.69, 9.17) is 5.26 Å². The average Bonchev–Trinajstić information content (AvgIpc) is 2.05. The van der Waals surface area contributed by atoms with Gasteiger partial charge in [0, 0.05) is 6.20 Å². The van der Waals surface area contributed by atoms with Crippen molar-refractivity contribution < 1.29 is 0 Å². The standard InChI is InChI=1S/C8H8N2/c1-7(6-9)8-4-2-3-5-10-8/h2-5,7H,1H3/t7-/m1/s1. The van der Waals surface area contributed by atoms with Crippen molar-refractivity contribution in [3.8, 4) is 6.07 Å². The molecular weight excluding hydrogens is 124 g/mol. The van der Waals surface area contributed by atoms with Gasteiger partial charge in [0.15, 0.2) is 0 Å². The van der Waals surface area contributed by atoms with Gasteiger partial charge >= 0.3 is 0 Å². The quantitative estimate of drug-likeness (QED) is 0.583. The van der Waals surface area contributed by atoms with Gasteiger partial charge in [0.2, 0.25) is 0 Å². The summed E-state index contributed by atoms with van der Waals surface area (Å²) in [7, 11) is 0. The number of hydrogen-bond acceptors (Lipinski definition) is 2. The summed E-state index contributed by atoms with van der Waals surface area (Å²) in [4.78, 5) is 4.03. The monoisotopic (exact) mass is 132 g/mol. The van der Waals surface area contributed by atoms with Gasteiger partial charge < -0.3 is 0 Å². The van der Waals surface area contributed by atoms with Gasteiger partial charge in [0.1, 0.15) is 0 Å². The lowest BCUT2D eigenvalue weighted by atomic mass is 10.1. The molecule has 0 spiro atoms. The van der Waals surface area contributed by atoms with E-state index in [9.17, 15) is 0 Å². The third-order valence-corrected chi connectivity index (χ3v) is 1.33. The first-order valence-electron chi connectivity index (χ1n) is 3.15. The van der Waals surface area contributed by atoms with Crippen LogP contribution in [0.2, 0.25) is 0 Å². The molecule has 0 N–H and O–H groups in total. The first-order chi connectivity index (χ1) is 4.84. The smallest absolute Gasteiger partial charge is 0.0856 e. The van der Waals surface area contributed by atoms with Crippen LogP contribution in [0.15, 0.2) is 24.4 Å². The van der Waals surface area contributed by atoms with Crippen molar-refractivity contribution in [1.29, 1.82) is 5.26 Å². The fourth-order valence-corrected chi connectivity index (χ4v) is 0.698. The van der Waals surface area contributed by atoms with Gasteiger partial charge in [-0.05, 0) is 19.1 Å². The number of hydrogen-bond donors (Lipinski definition) is 0. The molecule has 10 heavy (non-hydrogen) atoms. The molecule has 50 valence electrons. The Morgan fingerprint density at radius 2 is 2.40 bits per heavy atom. The molecule has 1 aromatic rings. The van der Waals surface area contributed by atoms with Crippen molar-refractivity contribution >= 4 is 0 Å². The summed E-state index contributed by atoms with van der Waals surface area (Å²) in [5, 5.41) is 8.50. The molecule has 0 aliphatic heterocycles. The number of nitriles is 1. The zero-order chi connectivity index (χ0) is 7.40. The zero-order valence-corrected chi connectivity index (χ0v) is 5.78. The van der Waals surface area contributed by atoms with E-state index in [2.05, 4.69) is 11.1 Å². The maximum Gasteiger partial charge on any atom is 0.0856 e. The number of rotatable bonds is 1. The molecule has 1 atom stereocenters. The van der Waals surface area contributed by atoms with E-state index >= 15 is 0 Å². The van der Waals surface area contributed by atoms with E-state index in [-0.39, 0.29) is 5.92 Å². The summed E-state index contributed by atoms with van der Waals surface area (Å²) in [6, 6.07) is 7.70. The molecule has 0 fully saturated rings. The van der Waals surface area contributed by atoms with Crippen LogP contribution in [-0.4, -0.2) is 4.98 Å². The Hall–Kier alpha value is -1.36. The van der Waals surface area contributed by atoms with Crippen LogP contribution in [-0.2, 0) is 0 Å². The highest BCUT2D eigenvalue weighted by Crippen LogP contribution is 2.08.